The number of fused-ring (bicyclic) bond motifs is 1. The monoisotopic (exact) mass is 248 g/mol. The molecule has 3 atom stereocenters. The quantitative estimate of drug-likeness (QED) is 0.894. The minimum absolute atomic E-state index is 0.430. The third-order valence-corrected chi connectivity index (χ3v) is 4.38. The van der Waals surface area contributed by atoms with Gasteiger partial charge >= 0.3 is 0 Å². The second kappa shape index (κ2) is 5.00. The number of hydrogen-bond donors (Lipinski definition) is 1. The summed E-state index contributed by atoms with van der Waals surface area (Å²) in [6.45, 7) is 5.51. The topological polar surface area (TPSA) is 42.7 Å². The summed E-state index contributed by atoms with van der Waals surface area (Å²) in [7, 11) is 0. The zero-order valence-electron chi connectivity index (χ0n) is 11.5. The fraction of sp³-hybridized carbons (Fsp3) is 0.857. The molecular formula is C14H24N4. The Morgan fingerprint density at radius 2 is 2.22 bits per heavy atom. The van der Waals surface area contributed by atoms with Gasteiger partial charge in [0.1, 0.15) is 12.2 Å². The summed E-state index contributed by atoms with van der Waals surface area (Å²) in [5.41, 5.74) is 0. The lowest BCUT2D eigenvalue weighted by atomic mass is 9.85. The molecule has 3 rings (SSSR count). The Morgan fingerprint density at radius 1 is 1.39 bits per heavy atom. The molecule has 0 amide bonds. The van der Waals surface area contributed by atoms with Crippen LogP contribution >= 0.6 is 0 Å². The number of rotatable bonds is 3. The molecule has 1 saturated heterocycles. The number of nitrogens with zero attached hydrogens (tertiary/aromatic N) is 3. The summed E-state index contributed by atoms with van der Waals surface area (Å²) >= 11 is 0. The number of nitrogens with one attached hydrogen (secondary N) is 1. The Labute approximate surface area is 109 Å². The fourth-order valence-electron chi connectivity index (χ4n) is 3.59. The van der Waals surface area contributed by atoms with Crippen molar-refractivity contribution in [3.05, 3.63) is 12.2 Å². The molecule has 1 aromatic heterocycles. The molecule has 1 aliphatic carbocycles. The summed E-state index contributed by atoms with van der Waals surface area (Å²) in [6, 6.07) is 1.16. The van der Waals surface area contributed by atoms with Gasteiger partial charge in [-0.2, -0.15) is 0 Å². The molecule has 100 valence electrons. The number of aromatic nitrogens is 3. The number of hydrogen-bond acceptors (Lipinski definition) is 3. The van der Waals surface area contributed by atoms with Gasteiger partial charge in [-0.3, -0.25) is 0 Å². The molecule has 4 heteroatoms. The predicted octanol–water partition coefficient (Wildman–Crippen LogP) is 2.53. The van der Waals surface area contributed by atoms with Crippen molar-refractivity contribution in [1.82, 2.24) is 20.1 Å². The van der Waals surface area contributed by atoms with Crippen LogP contribution in [0.5, 0.6) is 0 Å². The first-order chi connectivity index (χ1) is 8.74. The lowest BCUT2D eigenvalue weighted by Crippen LogP contribution is -2.31. The van der Waals surface area contributed by atoms with Crippen LogP contribution in [0.25, 0.3) is 0 Å². The van der Waals surface area contributed by atoms with Crippen molar-refractivity contribution in [2.75, 3.05) is 0 Å². The molecule has 2 aliphatic rings. The molecule has 4 nitrogen and oxygen atoms in total. The highest BCUT2D eigenvalue weighted by Gasteiger charge is 2.37. The average molecular weight is 248 g/mol. The van der Waals surface area contributed by atoms with E-state index < -0.39 is 0 Å². The van der Waals surface area contributed by atoms with Crippen LogP contribution in [0.4, 0.5) is 0 Å². The van der Waals surface area contributed by atoms with E-state index in [0.717, 1.165) is 24.3 Å². The molecular weight excluding hydrogens is 224 g/mol. The van der Waals surface area contributed by atoms with Crippen LogP contribution in [0.15, 0.2) is 6.33 Å². The molecule has 0 radical (unpaired) electrons. The summed E-state index contributed by atoms with van der Waals surface area (Å²) < 4.78 is 2.24. The normalized spacial score (nSPS) is 31.8. The summed E-state index contributed by atoms with van der Waals surface area (Å²) in [6.07, 6.45) is 8.68. The van der Waals surface area contributed by atoms with Crippen LogP contribution in [0.1, 0.15) is 57.8 Å². The van der Waals surface area contributed by atoms with E-state index >= 15 is 0 Å². The molecule has 0 spiro atoms. The maximum Gasteiger partial charge on any atom is 0.150 e. The van der Waals surface area contributed by atoms with E-state index in [4.69, 9.17) is 0 Å². The highest BCUT2D eigenvalue weighted by atomic mass is 15.3. The molecule has 2 fully saturated rings. The second-order valence-corrected chi connectivity index (χ2v) is 6.34. The van der Waals surface area contributed by atoms with E-state index in [1.807, 2.05) is 6.33 Å². The highest BCUT2D eigenvalue weighted by molar-refractivity contribution is 5.03. The first kappa shape index (κ1) is 12.2. The first-order valence-corrected chi connectivity index (χ1v) is 7.38. The molecule has 1 aliphatic heterocycles. The first-order valence-electron chi connectivity index (χ1n) is 7.38. The van der Waals surface area contributed by atoms with Crippen LogP contribution in [0.3, 0.4) is 0 Å². The molecule has 2 heterocycles. The van der Waals surface area contributed by atoms with E-state index in [0.29, 0.717) is 12.0 Å². The standard InChI is InChI=1S/C14H24N4/c1-10(2)8-18-9-15-17-14(18)13-7-11-5-3-4-6-12(11)16-13/h9-13,16H,3-8H2,1-2H3. The summed E-state index contributed by atoms with van der Waals surface area (Å²) in [5, 5.41) is 12.3. The summed E-state index contributed by atoms with van der Waals surface area (Å²) in [4.78, 5) is 0. The Balaban J connectivity index is 1.73. The molecule has 3 unspecified atom stereocenters. The molecule has 1 N–H and O–H groups in total. The van der Waals surface area contributed by atoms with Crippen LogP contribution in [0.2, 0.25) is 0 Å². The Morgan fingerprint density at radius 3 is 3.00 bits per heavy atom. The molecule has 0 bridgehead atoms. The van der Waals surface area contributed by atoms with Crippen LogP contribution in [-0.4, -0.2) is 20.8 Å². The average Bonchev–Trinajstić information content (AvgIpc) is 2.93. The largest absolute Gasteiger partial charge is 0.316 e. The minimum atomic E-state index is 0.430. The van der Waals surface area contributed by atoms with E-state index in [9.17, 15) is 0 Å². The third-order valence-electron chi connectivity index (χ3n) is 4.38. The molecule has 0 aromatic carbocycles. The maximum absolute atomic E-state index is 4.36. The smallest absolute Gasteiger partial charge is 0.150 e. The Kier molecular flexibility index (Phi) is 3.37. The zero-order chi connectivity index (χ0) is 12.5. The van der Waals surface area contributed by atoms with E-state index in [1.165, 1.54) is 32.1 Å². The van der Waals surface area contributed by atoms with E-state index in [2.05, 4.69) is 33.9 Å². The van der Waals surface area contributed by atoms with Crippen LogP contribution < -0.4 is 5.32 Å². The SMILES string of the molecule is CC(C)Cn1cnnc1C1CC2CCCCC2N1. The molecule has 18 heavy (non-hydrogen) atoms. The highest BCUT2D eigenvalue weighted by Crippen LogP contribution is 2.38. The summed E-state index contributed by atoms with van der Waals surface area (Å²) in [5.74, 6) is 2.66. The lowest BCUT2D eigenvalue weighted by Gasteiger charge is -2.24. The van der Waals surface area contributed by atoms with Gasteiger partial charge in [0.15, 0.2) is 0 Å². The van der Waals surface area contributed by atoms with Gasteiger partial charge in [-0.1, -0.05) is 26.7 Å². The maximum atomic E-state index is 4.36. The van der Waals surface area contributed by atoms with Gasteiger partial charge in [0, 0.05) is 12.6 Å². The molecule has 1 aromatic rings. The van der Waals surface area contributed by atoms with Gasteiger partial charge in [-0.25, -0.2) is 0 Å². The zero-order valence-corrected chi connectivity index (χ0v) is 11.5. The fourth-order valence-corrected chi connectivity index (χ4v) is 3.59. The third kappa shape index (κ3) is 2.30. The Hall–Kier alpha value is -0.900. The van der Waals surface area contributed by atoms with Crippen LogP contribution in [0, 0.1) is 11.8 Å². The van der Waals surface area contributed by atoms with Crippen molar-refractivity contribution in [2.45, 2.75) is 64.6 Å². The van der Waals surface area contributed by atoms with Crippen molar-refractivity contribution < 1.29 is 0 Å². The van der Waals surface area contributed by atoms with Crippen LogP contribution in [-0.2, 0) is 6.54 Å². The van der Waals surface area contributed by atoms with E-state index in [1.54, 1.807) is 0 Å². The van der Waals surface area contributed by atoms with Crippen molar-refractivity contribution in [2.24, 2.45) is 11.8 Å². The van der Waals surface area contributed by atoms with Gasteiger partial charge in [0.25, 0.3) is 0 Å². The van der Waals surface area contributed by atoms with Gasteiger partial charge in [0.2, 0.25) is 0 Å². The van der Waals surface area contributed by atoms with E-state index in [-0.39, 0.29) is 0 Å². The van der Waals surface area contributed by atoms with Crippen molar-refractivity contribution in [3.63, 3.8) is 0 Å². The Bertz CT molecular complexity index is 384. The van der Waals surface area contributed by atoms with Crippen molar-refractivity contribution >= 4 is 0 Å². The van der Waals surface area contributed by atoms with Gasteiger partial charge < -0.3 is 9.88 Å². The van der Waals surface area contributed by atoms with Gasteiger partial charge in [-0.05, 0) is 31.1 Å². The molecule has 1 saturated carbocycles. The lowest BCUT2D eigenvalue weighted by molar-refractivity contribution is 0.325. The second-order valence-electron chi connectivity index (χ2n) is 6.34. The van der Waals surface area contributed by atoms with Gasteiger partial charge in [-0.15, -0.1) is 10.2 Å². The minimum Gasteiger partial charge on any atom is -0.316 e. The van der Waals surface area contributed by atoms with Crippen molar-refractivity contribution in [3.8, 4) is 0 Å². The van der Waals surface area contributed by atoms with Crippen molar-refractivity contribution in [1.29, 1.82) is 0 Å². The predicted molar refractivity (Wildman–Crippen MR) is 71.1 cm³/mol. The van der Waals surface area contributed by atoms with Gasteiger partial charge in [0.05, 0.1) is 6.04 Å².